The van der Waals surface area contributed by atoms with Gasteiger partial charge >= 0.3 is 0 Å². The van der Waals surface area contributed by atoms with Crippen LogP contribution >= 0.6 is 28.1 Å². The largest absolute Gasteiger partial charge is 0.361 e. The van der Waals surface area contributed by atoms with Gasteiger partial charge in [0.15, 0.2) is 5.11 Å². The Morgan fingerprint density at radius 2 is 2.31 bits per heavy atom. The van der Waals surface area contributed by atoms with Gasteiger partial charge in [-0.05, 0) is 48.9 Å². The first-order valence-electron chi connectivity index (χ1n) is 5.29. The molecule has 6 heteroatoms. The molecule has 0 fully saturated rings. The predicted molar refractivity (Wildman–Crippen MR) is 73.3 cm³/mol. The first-order valence-corrected chi connectivity index (χ1v) is 6.49. The molecule has 1 aromatic heterocycles. The van der Waals surface area contributed by atoms with Crippen molar-refractivity contribution in [3.05, 3.63) is 16.4 Å². The van der Waals surface area contributed by atoms with Crippen LogP contribution in [0.15, 0.2) is 10.7 Å². The smallest absolute Gasteiger partial charge is 0.166 e. The fraction of sp³-hybridized carbons (Fsp3) is 0.600. The van der Waals surface area contributed by atoms with E-state index in [0.717, 1.165) is 16.7 Å². The highest BCUT2D eigenvalue weighted by atomic mass is 79.9. The van der Waals surface area contributed by atoms with Crippen molar-refractivity contribution in [3.63, 3.8) is 0 Å². The number of halogens is 1. The van der Waals surface area contributed by atoms with Crippen LogP contribution in [0.2, 0.25) is 0 Å². The molecule has 0 aliphatic heterocycles. The maximum absolute atomic E-state index is 5.16. The fourth-order valence-corrected chi connectivity index (χ4v) is 2.06. The van der Waals surface area contributed by atoms with Crippen LogP contribution in [0.25, 0.3) is 0 Å². The van der Waals surface area contributed by atoms with Crippen LogP contribution in [0.1, 0.15) is 26.5 Å². The summed E-state index contributed by atoms with van der Waals surface area (Å²) < 4.78 is 2.95. The lowest BCUT2D eigenvalue weighted by Crippen LogP contribution is -2.39. The minimum Gasteiger partial charge on any atom is -0.361 e. The molecule has 2 N–H and O–H groups in total. The van der Waals surface area contributed by atoms with Gasteiger partial charge in [0.2, 0.25) is 0 Å². The van der Waals surface area contributed by atoms with E-state index in [4.69, 9.17) is 12.2 Å². The van der Waals surface area contributed by atoms with Crippen LogP contribution < -0.4 is 10.6 Å². The summed E-state index contributed by atoms with van der Waals surface area (Å²) in [6.45, 7) is 7.70. The fourth-order valence-electron chi connectivity index (χ4n) is 1.31. The summed E-state index contributed by atoms with van der Waals surface area (Å²) >= 11 is 8.63. The van der Waals surface area contributed by atoms with E-state index in [-0.39, 0.29) is 0 Å². The highest BCUT2D eigenvalue weighted by Crippen LogP contribution is 2.15. The Labute approximate surface area is 110 Å². The first-order chi connectivity index (χ1) is 7.54. The molecule has 0 bridgehead atoms. The van der Waals surface area contributed by atoms with Crippen molar-refractivity contribution in [1.29, 1.82) is 0 Å². The monoisotopic (exact) mass is 304 g/mol. The minimum absolute atomic E-state index is 0.347. The second kappa shape index (κ2) is 6.20. The van der Waals surface area contributed by atoms with Crippen molar-refractivity contribution in [2.75, 3.05) is 0 Å². The normalized spacial score (nSPS) is 10.6. The van der Waals surface area contributed by atoms with Crippen LogP contribution in [0.5, 0.6) is 0 Å². The predicted octanol–water partition coefficient (Wildman–Crippen LogP) is 2.04. The average molecular weight is 305 g/mol. The molecule has 0 radical (unpaired) electrons. The first kappa shape index (κ1) is 13.4. The quantitative estimate of drug-likeness (QED) is 0.836. The van der Waals surface area contributed by atoms with Gasteiger partial charge in [-0.1, -0.05) is 0 Å². The van der Waals surface area contributed by atoms with Crippen molar-refractivity contribution in [2.45, 2.75) is 39.9 Å². The van der Waals surface area contributed by atoms with Gasteiger partial charge in [0.05, 0.1) is 22.9 Å². The SMILES string of the molecule is CCn1ncc(Br)c1CNC(=S)NC(C)C. The molecule has 0 spiro atoms. The van der Waals surface area contributed by atoms with E-state index in [0.29, 0.717) is 17.7 Å². The third kappa shape index (κ3) is 3.75. The Kier molecular flexibility index (Phi) is 5.21. The molecule has 0 aliphatic rings. The van der Waals surface area contributed by atoms with Crippen molar-refractivity contribution in [3.8, 4) is 0 Å². The Bertz CT molecular complexity index is 362. The molecule has 0 aromatic carbocycles. The molecule has 16 heavy (non-hydrogen) atoms. The molecule has 0 amide bonds. The van der Waals surface area contributed by atoms with Crippen molar-refractivity contribution >= 4 is 33.3 Å². The number of nitrogens with one attached hydrogen (secondary N) is 2. The number of rotatable bonds is 4. The van der Waals surface area contributed by atoms with E-state index in [1.54, 1.807) is 6.20 Å². The summed E-state index contributed by atoms with van der Waals surface area (Å²) in [5, 5.41) is 11.2. The maximum Gasteiger partial charge on any atom is 0.166 e. The van der Waals surface area contributed by atoms with Crippen LogP contribution in [-0.2, 0) is 13.1 Å². The Balaban J connectivity index is 2.54. The number of hydrogen-bond donors (Lipinski definition) is 2. The summed E-state index contributed by atoms with van der Waals surface area (Å²) in [7, 11) is 0. The number of aromatic nitrogens is 2. The zero-order chi connectivity index (χ0) is 12.1. The lowest BCUT2D eigenvalue weighted by atomic mass is 10.4. The molecule has 1 aromatic rings. The van der Waals surface area contributed by atoms with E-state index in [9.17, 15) is 0 Å². The van der Waals surface area contributed by atoms with Crippen LogP contribution in [-0.4, -0.2) is 20.9 Å². The second-order valence-corrected chi connectivity index (χ2v) is 5.00. The van der Waals surface area contributed by atoms with E-state index < -0.39 is 0 Å². The molecule has 0 saturated carbocycles. The van der Waals surface area contributed by atoms with E-state index in [2.05, 4.69) is 52.4 Å². The van der Waals surface area contributed by atoms with Gasteiger partial charge in [-0.25, -0.2) is 0 Å². The van der Waals surface area contributed by atoms with E-state index >= 15 is 0 Å². The summed E-state index contributed by atoms with van der Waals surface area (Å²) in [5.41, 5.74) is 1.11. The van der Waals surface area contributed by atoms with Gasteiger partial charge in [0.25, 0.3) is 0 Å². The third-order valence-electron chi connectivity index (χ3n) is 2.03. The van der Waals surface area contributed by atoms with Crippen molar-refractivity contribution < 1.29 is 0 Å². The van der Waals surface area contributed by atoms with Gasteiger partial charge in [0.1, 0.15) is 0 Å². The van der Waals surface area contributed by atoms with Crippen molar-refractivity contribution in [1.82, 2.24) is 20.4 Å². The number of nitrogens with zero attached hydrogens (tertiary/aromatic N) is 2. The highest BCUT2D eigenvalue weighted by molar-refractivity contribution is 9.10. The van der Waals surface area contributed by atoms with Gasteiger partial charge in [-0.15, -0.1) is 0 Å². The Hall–Kier alpha value is -0.620. The molecule has 0 aliphatic carbocycles. The summed E-state index contributed by atoms with van der Waals surface area (Å²) in [5.74, 6) is 0. The van der Waals surface area contributed by atoms with E-state index in [1.165, 1.54) is 0 Å². The lowest BCUT2D eigenvalue weighted by Gasteiger charge is -2.13. The zero-order valence-corrected chi connectivity index (χ0v) is 12.2. The highest BCUT2D eigenvalue weighted by Gasteiger charge is 2.07. The van der Waals surface area contributed by atoms with Crippen LogP contribution in [0.3, 0.4) is 0 Å². The summed E-state index contributed by atoms with van der Waals surface area (Å²) in [6.07, 6.45) is 1.80. The molecule has 4 nitrogen and oxygen atoms in total. The molecule has 1 heterocycles. The third-order valence-corrected chi connectivity index (χ3v) is 2.96. The zero-order valence-electron chi connectivity index (χ0n) is 9.75. The van der Waals surface area contributed by atoms with Crippen LogP contribution in [0, 0.1) is 0 Å². The summed E-state index contributed by atoms with van der Waals surface area (Å²) in [6, 6.07) is 0.347. The minimum atomic E-state index is 0.347. The molecule has 0 unspecified atom stereocenters. The number of thiocarbonyl (C=S) groups is 1. The van der Waals surface area contributed by atoms with Crippen molar-refractivity contribution in [2.24, 2.45) is 0 Å². The summed E-state index contributed by atoms with van der Waals surface area (Å²) in [4.78, 5) is 0. The second-order valence-electron chi connectivity index (χ2n) is 3.74. The molecule has 90 valence electrons. The Morgan fingerprint density at radius 3 is 2.88 bits per heavy atom. The molecule has 0 saturated heterocycles. The molecule has 0 atom stereocenters. The average Bonchev–Trinajstić information content (AvgIpc) is 2.55. The molecule has 1 rings (SSSR count). The van der Waals surface area contributed by atoms with Crippen LogP contribution in [0.4, 0.5) is 0 Å². The topological polar surface area (TPSA) is 41.9 Å². The maximum atomic E-state index is 5.16. The van der Waals surface area contributed by atoms with E-state index in [1.807, 2.05) is 4.68 Å². The lowest BCUT2D eigenvalue weighted by molar-refractivity contribution is 0.608. The Morgan fingerprint density at radius 1 is 1.62 bits per heavy atom. The molecular weight excluding hydrogens is 288 g/mol. The van der Waals surface area contributed by atoms with Gasteiger partial charge in [-0.3, -0.25) is 4.68 Å². The van der Waals surface area contributed by atoms with Gasteiger partial charge in [-0.2, -0.15) is 5.10 Å². The number of aryl methyl sites for hydroxylation is 1. The molecular formula is C10H17BrN4S. The number of hydrogen-bond acceptors (Lipinski definition) is 2. The standard InChI is InChI=1S/C10H17BrN4S/c1-4-15-9(8(11)5-13-15)6-12-10(16)14-7(2)3/h5,7H,4,6H2,1-3H3,(H2,12,14,16). The van der Waals surface area contributed by atoms with Gasteiger partial charge in [0, 0.05) is 12.6 Å². The van der Waals surface area contributed by atoms with Gasteiger partial charge < -0.3 is 10.6 Å².